The highest BCUT2D eigenvalue weighted by Gasteiger charge is 2.09. The van der Waals surface area contributed by atoms with E-state index in [1.54, 1.807) is 42.5 Å². The lowest BCUT2D eigenvalue weighted by molar-refractivity contribution is -0.119. The van der Waals surface area contributed by atoms with Crippen molar-refractivity contribution >= 4 is 23.5 Å². The van der Waals surface area contributed by atoms with Crippen LogP contribution < -0.4 is 5.32 Å². The molecule has 0 aliphatic rings. The van der Waals surface area contributed by atoms with E-state index in [-0.39, 0.29) is 23.3 Å². The van der Waals surface area contributed by atoms with Crippen LogP contribution in [0.3, 0.4) is 0 Å². The molecule has 114 valence electrons. The number of ketones is 1. The van der Waals surface area contributed by atoms with Crippen molar-refractivity contribution in [3.63, 3.8) is 0 Å². The Kier molecular flexibility index (Phi) is 5.72. The van der Waals surface area contributed by atoms with Gasteiger partial charge in [0, 0.05) is 23.9 Å². The highest BCUT2D eigenvalue weighted by molar-refractivity contribution is 8.00. The number of hydrogen-bond donors (Lipinski definition) is 1. The lowest BCUT2D eigenvalue weighted by atomic mass is 10.1. The Bertz CT molecular complexity index is 671. The average molecular weight is 317 g/mol. The van der Waals surface area contributed by atoms with Crippen LogP contribution >= 0.6 is 11.8 Å². The quantitative estimate of drug-likeness (QED) is 0.656. The largest absolute Gasteiger partial charge is 0.352 e. The van der Waals surface area contributed by atoms with Crippen LogP contribution in [0.4, 0.5) is 4.39 Å². The number of halogens is 1. The maximum atomic E-state index is 13.5. The van der Waals surface area contributed by atoms with Gasteiger partial charge in [0.25, 0.3) is 0 Å². The average Bonchev–Trinajstić information content (AvgIpc) is 2.52. The molecule has 0 fully saturated rings. The molecule has 3 nitrogen and oxygen atoms in total. The van der Waals surface area contributed by atoms with Gasteiger partial charge in [-0.05, 0) is 17.7 Å². The van der Waals surface area contributed by atoms with Gasteiger partial charge in [-0.25, -0.2) is 4.39 Å². The summed E-state index contributed by atoms with van der Waals surface area (Å²) in [5, 5.41) is 2.69. The number of rotatable bonds is 6. The van der Waals surface area contributed by atoms with Crippen molar-refractivity contribution in [2.45, 2.75) is 18.4 Å². The minimum absolute atomic E-state index is 0.0562. The first-order valence-corrected chi connectivity index (χ1v) is 7.79. The van der Waals surface area contributed by atoms with Gasteiger partial charge in [0.2, 0.25) is 5.91 Å². The van der Waals surface area contributed by atoms with E-state index in [2.05, 4.69) is 5.32 Å². The van der Waals surface area contributed by atoms with Gasteiger partial charge in [-0.3, -0.25) is 9.59 Å². The van der Waals surface area contributed by atoms with Gasteiger partial charge >= 0.3 is 0 Å². The Labute approximate surface area is 132 Å². The molecule has 2 aromatic rings. The first-order valence-electron chi connectivity index (χ1n) is 6.80. The van der Waals surface area contributed by atoms with Gasteiger partial charge in [0.15, 0.2) is 5.78 Å². The SMILES string of the molecule is CC(=O)NCc1ccc(C(=O)CSc2ccccc2F)cc1. The van der Waals surface area contributed by atoms with Crippen LogP contribution in [0.5, 0.6) is 0 Å². The Morgan fingerprint density at radius 2 is 1.77 bits per heavy atom. The van der Waals surface area contributed by atoms with Crippen LogP contribution in [-0.2, 0) is 11.3 Å². The van der Waals surface area contributed by atoms with Gasteiger partial charge in [0.1, 0.15) is 5.82 Å². The number of hydrogen-bond acceptors (Lipinski definition) is 3. The van der Waals surface area contributed by atoms with E-state index in [1.807, 2.05) is 0 Å². The van der Waals surface area contributed by atoms with Crippen LogP contribution in [0, 0.1) is 5.82 Å². The predicted octanol–water partition coefficient (Wildman–Crippen LogP) is 3.44. The van der Waals surface area contributed by atoms with Crippen molar-refractivity contribution in [2.24, 2.45) is 0 Å². The first-order chi connectivity index (χ1) is 10.6. The van der Waals surface area contributed by atoms with Crippen LogP contribution in [-0.4, -0.2) is 17.4 Å². The molecule has 0 aliphatic carbocycles. The fourth-order valence-electron chi connectivity index (χ4n) is 1.82. The standard InChI is InChI=1S/C17H16FNO2S/c1-12(20)19-10-13-6-8-14(9-7-13)16(21)11-22-17-5-3-2-4-15(17)18/h2-9H,10-11H2,1H3,(H,19,20). The molecule has 0 saturated heterocycles. The topological polar surface area (TPSA) is 46.2 Å². The third kappa shape index (κ3) is 4.70. The smallest absolute Gasteiger partial charge is 0.217 e. The third-order valence-electron chi connectivity index (χ3n) is 3.01. The summed E-state index contributed by atoms with van der Waals surface area (Å²) in [6.45, 7) is 1.89. The molecule has 22 heavy (non-hydrogen) atoms. The number of amides is 1. The molecule has 2 aromatic carbocycles. The summed E-state index contributed by atoms with van der Waals surface area (Å²) in [5.41, 5.74) is 1.50. The predicted molar refractivity (Wildman–Crippen MR) is 85.4 cm³/mol. The van der Waals surface area contributed by atoms with E-state index in [0.717, 1.165) is 5.56 Å². The summed E-state index contributed by atoms with van der Waals surface area (Å²) in [7, 11) is 0. The third-order valence-corrected chi connectivity index (χ3v) is 4.06. The lowest BCUT2D eigenvalue weighted by Gasteiger charge is -2.05. The summed E-state index contributed by atoms with van der Waals surface area (Å²) in [5.74, 6) is -0.280. The van der Waals surface area contributed by atoms with Gasteiger partial charge < -0.3 is 5.32 Å². The lowest BCUT2D eigenvalue weighted by Crippen LogP contribution is -2.18. The summed E-state index contributed by atoms with van der Waals surface area (Å²) < 4.78 is 13.5. The van der Waals surface area contributed by atoms with Gasteiger partial charge in [0.05, 0.1) is 5.75 Å². The van der Waals surface area contributed by atoms with E-state index in [4.69, 9.17) is 0 Å². The van der Waals surface area contributed by atoms with Gasteiger partial charge in [-0.2, -0.15) is 0 Å². The second-order valence-corrected chi connectivity index (χ2v) is 5.77. The molecule has 2 rings (SSSR count). The molecule has 0 bridgehead atoms. The molecule has 0 atom stereocenters. The molecule has 0 saturated carbocycles. The molecule has 5 heteroatoms. The molecule has 1 amide bonds. The van der Waals surface area contributed by atoms with Gasteiger partial charge in [-0.1, -0.05) is 36.4 Å². The fourth-order valence-corrected chi connectivity index (χ4v) is 2.66. The number of Topliss-reactive ketones (excluding diaryl/α,β-unsaturated/α-hetero) is 1. The number of carbonyl (C=O) groups excluding carboxylic acids is 2. The van der Waals surface area contributed by atoms with E-state index in [9.17, 15) is 14.0 Å². The maximum absolute atomic E-state index is 13.5. The van der Waals surface area contributed by atoms with Crippen molar-refractivity contribution in [2.75, 3.05) is 5.75 Å². The van der Waals surface area contributed by atoms with Crippen LogP contribution in [0.1, 0.15) is 22.8 Å². The van der Waals surface area contributed by atoms with Crippen LogP contribution in [0.15, 0.2) is 53.4 Å². The molecule has 1 N–H and O–H groups in total. The molecule has 0 heterocycles. The monoisotopic (exact) mass is 317 g/mol. The Morgan fingerprint density at radius 1 is 1.09 bits per heavy atom. The molecule has 0 unspecified atom stereocenters. The van der Waals surface area contributed by atoms with Crippen LogP contribution in [0.25, 0.3) is 0 Å². The second kappa shape index (κ2) is 7.75. The first kappa shape index (κ1) is 16.2. The Hall–Kier alpha value is -2.14. The van der Waals surface area contributed by atoms with E-state index in [0.29, 0.717) is 17.0 Å². The van der Waals surface area contributed by atoms with Crippen molar-refractivity contribution in [1.82, 2.24) is 5.32 Å². The van der Waals surface area contributed by atoms with Crippen molar-refractivity contribution in [3.8, 4) is 0 Å². The number of nitrogens with one attached hydrogen (secondary N) is 1. The van der Waals surface area contributed by atoms with E-state index in [1.165, 1.54) is 24.8 Å². The minimum atomic E-state index is -0.314. The normalized spacial score (nSPS) is 10.3. The summed E-state index contributed by atoms with van der Waals surface area (Å²) in [4.78, 5) is 23.4. The second-order valence-electron chi connectivity index (χ2n) is 4.75. The van der Waals surface area contributed by atoms with Crippen molar-refractivity contribution in [3.05, 3.63) is 65.5 Å². The van der Waals surface area contributed by atoms with Gasteiger partial charge in [-0.15, -0.1) is 11.8 Å². The Balaban J connectivity index is 1.92. The fraction of sp³-hybridized carbons (Fsp3) is 0.176. The summed E-state index contributed by atoms with van der Waals surface area (Å²) in [6, 6.07) is 13.5. The molecule has 0 aromatic heterocycles. The molecular weight excluding hydrogens is 301 g/mol. The molecular formula is C17H16FNO2S. The number of carbonyl (C=O) groups is 2. The van der Waals surface area contributed by atoms with Crippen molar-refractivity contribution < 1.29 is 14.0 Å². The zero-order valence-corrected chi connectivity index (χ0v) is 13.0. The zero-order chi connectivity index (χ0) is 15.9. The zero-order valence-electron chi connectivity index (χ0n) is 12.1. The maximum Gasteiger partial charge on any atom is 0.217 e. The molecule has 0 spiro atoms. The Morgan fingerprint density at radius 3 is 2.41 bits per heavy atom. The summed E-state index contributed by atoms with van der Waals surface area (Å²) >= 11 is 1.19. The molecule has 0 radical (unpaired) electrons. The highest BCUT2D eigenvalue weighted by Crippen LogP contribution is 2.22. The molecule has 0 aliphatic heterocycles. The highest BCUT2D eigenvalue weighted by atomic mass is 32.2. The van der Waals surface area contributed by atoms with E-state index >= 15 is 0 Å². The van der Waals surface area contributed by atoms with E-state index < -0.39 is 0 Å². The van der Waals surface area contributed by atoms with Crippen molar-refractivity contribution in [1.29, 1.82) is 0 Å². The number of thioether (sulfide) groups is 1. The number of benzene rings is 2. The van der Waals surface area contributed by atoms with Crippen LogP contribution in [0.2, 0.25) is 0 Å². The summed E-state index contributed by atoms with van der Waals surface area (Å²) in [6.07, 6.45) is 0. The minimum Gasteiger partial charge on any atom is -0.352 e.